The lowest BCUT2D eigenvalue weighted by molar-refractivity contribution is -0.150. The number of nitrogens with one attached hydrogen (secondary N) is 1. The minimum atomic E-state index is -1.34. The minimum Gasteiger partial charge on any atom is -0.381 e. The average Bonchev–Trinajstić information content (AvgIpc) is 3.30. The van der Waals surface area contributed by atoms with Crippen LogP contribution in [0.4, 0.5) is 14.9 Å². The number of fused-ring (bicyclic) bond motifs is 3. The molecule has 174 valence electrons. The molecule has 6 nitrogen and oxygen atoms in total. The summed E-state index contributed by atoms with van der Waals surface area (Å²) in [5, 5.41) is 13.1. The number of carbonyl (C=O) groups excluding carboxylic acids is 2. The van der Waals surface area contributed by atoms with Crippen LogP contribution in [0.1, 0.15) is 49.3 Å². The first kappa shape index (κ1) is 21.9. The predicted molar refractivity (Wildman–Crippen MR) is 123 cm³/mol. The number of nitrogens with zero attached hydrogens (tertiary/aromatic N) is 2. The van der Waals surface area contributed by atoms with Crippen LogP contribution >= 0.6 is 0 Å². The van der Waals surface area contributed by atoms with E-state index in [2.05, 4.69) is 17.4 Å². The molecule has 2 fully saturated rings. The first-order chi connectivity index (χ1) is 15.7. The summed E-state index contributed by atoms with van der Waals surface area (Å²) in [7, 11) is 0. The number of anilines is 1. The zero-order valence-electron chi connectivity index (χ0n) is 19.1. The standard InChI is InChI=1S/C26H30FN3O3/c1-26(2,33)24(31)29-13-18-3-4-19(14-29)23(18)16-6-9-22(10-7-16)28-25(32)30-12-17-5-8-21(27)11-20(17)15-30/h5-11,18-19,23,33H,3-4,12-15H2,1-2H3,(H,28,32). The van der Waals surface area contributed by atoms with Gasteiger partial charge in [-0.05, 0) is 85.4 Å². The van der Waals surface area contributed by atoms with Crippen molar-refractivity contribution >= 4 is 17.6 Å². The number of urea groups is 1. The lowest BCUT2D eigenvalue weighted by Gasteiger charge is -2.40. The largest absolute Gasteiger partial charge is 0.381 e. The number of hydrogen-bond acceptors (Lipinski definition) is 3. The second-order valence-corrected chi connectivity index (χ2v) is 10.2. The van der Waals surface area contributed by atoms with Crippen LogP contribution in [0.3, 0.4) is 0 Å². The van der Waals surface area contributed by atoms with Crippen molar-refractivity contribution in [3.63, 3.8) is 0 Å². The number of aliphatic hydroxyl groups is 1. The SMILES string of the molecule is CC(C)(O)C(=O)N1CC2CCC(C1)C2c1ccc(NC(=O)N2Cc3ccc(F)cc3C2)cc1. The van der Waals surface area contributed by atoms with Crippen molar-refractivity contribution in [3.8, 4) is 0 Å². The van der Waals surface area contributed by atoms with Gasteiger partial charge in [-0.2, -0.15) is 0 Å². The van der Waals surface area contributed by atoms with Gasteiger partial charge < -0.3 is 20.2 Å². The first-order valence-electron chi connectivity index (χ1n) is 11.6. The second kappa shape index (κ2) is 8.13. The van der Waals surface area contributed by atoms with E-state index in [9.17, 15) is 19.1 Å². The quantitative estimate of drug-likeness (QED) is 0.738. The molecular weight excluding hydrogens is 421 g/mol. The van der Waals surface area contributed by atoms with Crippen LogP contribution in [0.25, 0.3) is 0 Å². The molecule has 33 heavy (non-hydrogen) atoms. The van der Waals surface area contributed by atoms with E-state index >= 15 is 0 Å². The molecule has 2 heterocycles. The van der Waals surface area contributed by atoms with Gasteiger partial charge in [-0.1, -0.05) is 18.2 Å². The summed E-state index contributed by atoms with van der Waals surface area (Å²) in [5.41, 5.74) is 2.46. The van der Waals surface area contributed by atoms with Crippen LogP contribution in [0.2, 0.25) is 0 Å². The number of halogens is 1. The van der Waals surface area contributed by atoms with Crippen LogP contribution in [0, 0.1) is 17.7 Å². The zero-order chi connectivity index (χ0) is 23.3. The number of hydrogen-bond donors (Lipinski definition) is 2. The highest BCUT2D eigenvalue weighted by Gasteiger charge is 2.45. The molecule has 2 unspecified atom stereocenters. The lowest BCUT2D eigenvalue weighted by Crippen LogP contribution is -2.51. The number of likely N-dealkylation sites (tertiary alicyclic amines) is 1. The van der Waals surface area contributed by atoms with E-state index in [4.69, 9.17) is 0 Å². The molecule has 2 aromatic carbocycles. The maximum atomic E-state index is 13.5. The molecule has 0 spiro atoms. The number of benzene rings is 2. The molecule has 2 aliphatic heterocycles. The summed E-state index contributed by atoms with van der Waals surface area (Å²) >= 11 is 0. The Balaban J connectivity index is 1.22. The van der Waals surface area contributed by atoms with Crippen molar-refractivity contribution in [1.82, 2.24) is 9.80 Å². The van der Waals surface area contributed by atoms with Crippen molar-refractivity contribution in [1.29, 1.82) is 0 Å². The van der Waals surface area contributed by atoms with E-state index in [0.717, 1.165) is 29.7 Å². The Hall–Kier alpha value is -2.93. The van der Waals surface area contributed by atoms with Gasteiger partial charge in [0, 0.05) is 31.9 Å². The Morgan fingerprint density at radius 2 is 1.61 bits per heavy atom. The van der Waals surface area contributed by atoms with Crippen LogP contribution in [-0.4, -0.2) is 45.5 Å². The molecule has 0 aromatic heterocycles. The molecule has 5 rings (SSSR count). The highest BCUT2D eigenvalue weighted by Crippen LogP contribution is 2.48. The molecular formula is C26H30FN3O3. The Labute approximate surface area is 193 Å². The van der Waals surface area contributed by atoms with Crippen molar-refractivity contribution in [3.05, 3.63) is 65.0 Å². The normalized spacial score (nSPS) is 24.1. The molecule has 1 aliphatic carbocycles. The predicted octanol–water partition coefficient (Wildman–Crippen LogP) is 4.10. The Bertz CT molecular complexity index is 1070. The van der Waals surface area contributed by atoms with Gasteiger partial charge in [0.15, 0.2) is 0 Å². The average molecular weight is 452 g/mol. The molecule has 1 saturated carbocycles. The third-order valence-electron chi connectivity index (χ3n) is 7.37. The molecule has 0 radical (unpaired) electrons. The third kappa shape index (κ3) is 4.22. The van der Waals surface area contributed by atoms with Crippen LogP contribution in [0.5, 0.6) is 0 Å². The Morgan fingerprint density at radius 1 is 0.970 bits per heavy atom. The first-order valence-corrected chi connectivity index (χ1v) is 11.6. The van der Waals surface area contributed by atoms with E-state index in [1.54, 1.807) is 24.8 Å². The molecule has 3 amide bonds. The fraction of sp³-hybridized carbons (Fsp3) is 0.462. The second-order valence-electron chi connectivity index (χ2n) is 10.2. The minimum absolute atomic E-state index is 0.192. The van der Waals surface area contributed by atoms with Crippen molar-refractivity contribution in [2.75, 3.05) is 18.4 Å². The van der Waals surface area contributed by atoms with Gasteiger partial charge in [0.2, 0.25) is 0 Å². The van der Waals surface area contributed by atoms with Gasteiger partial charge in [0.25, 0.3) is 5.91 Å². The van der Waals surface area contributed by atoms with Gasteiger partial charge in [0.1, 0.15) is 11.4 Å². The summed E-state index contributed by atoms with van der Waals surface area (Å²) in [6.45, 7) is 5.34. The van der Waals surface area contributed by atoms with E-state index in [1.165, 1.54) is 17.7 Å². The van der Waals surface area contributed by atoms with E-state index in [0.29, 0.717) is 43.9 Å². The monoisotopic (exact) mass is 451 g/mol. The summed E-state index contributed by atoms with van der Waals surface area (Å²) < 4.78 is 13.5. The topological polar surface area (TPSA) is 72.9 Å². The third-order valence-corrected chi connectivity index (χ3v) is 7.37. The van der Waals surface area contributed by atoms with Crippen molar-refractivity contribution in [2.24, 2.45) is 11.8 Å². The maximum Gasteiger partial charge on any atom is 0.322 e. The van der Waals surface area contributed by atoms with Crippen molar-refractivity contribution < 1.29 is 19.1 Å². The van der Waals surface area contributed by atoms with Gasteiger partial charge in [-0.15, -0.1) is 0 Å². The zero-order valence-corrected chi connectivity index (χ0v) is 19.1. The molecule has 7 heteroatoms. The number of carbonyl (C=O) groups is 2. The highest BCUT2D eigenvalue weighted by molar-refractivity contribution is 5.89. The van der Waals surface area contributed by atoms with Gasteiger partial charge in [0.05, 0.1) is 0 Å². The smallest absolute Gasteiger partial charge is 0.322 e. The Kier molecular flexibility index (Phi) is 5.40. The molecule has 2 aromatic rings. The number of rotatable bonds is 3. The summed E-state index contributed by atoms with van der Waals surface area (Å²) in [4.78, 5) is 28.8. The summed E-state index contributed by atoms with van der Waals surface area (Å²) in [6.07, 6.45) is 2.17. The molecule has 3 aliphatic rings. The molecule has 2 atom stereocenters. The van der Waals surface area contributed by atoms with E-state index < -0.39 is 5.60 Å². The lowest BCUT2D eigenvalue weighted by atomic mass is 9.79. The number of amides is 3. The summed E-state index contributed by atoms with van der Waals surface area (Å²) in [5.74, 6) is 0.695. The fourth-order valence-corrected chi connectivity index (χ4v) is 5.82. The molecule has 1 saturated heterocycles. The van der Waals surface area contributed by atoms with Crippen molar-refractivity contribution in [2.45, 2.75) is 51.3 Å². The van der Waals surface area contributed by atoms with Gasteiger partial charge >= 0.3 is 6.03 Å². The van der Waals surface area contributed by atoms with Crippen LogP contribution in [0.15, 0.2) is 42.5 Å². The van der Waals surface area contributed by atoms with E-state index in [-0.39, 0.29) is 17.8 Å². The van der Waals surface area contributed by atoms with Crippen LogP contribution in [-0.2, 0) is 17.9 Å². The van der Waals surface area contributed by atoms with Gasteiger partial charge in [-0.3, -0.25) is 4.79 Å². The molecule has 2 bridgehead atoms. The fourth-order valence-electron chi connectivity index (χ4n) is 5.82. The maximum absolute atomic E-state index is 13.5. The summed E-state index contributed by atoms with van der Waals surface area (Å²) in [6, 6.07) is 12.5. The Morgan fingerprint density at radius 3 is 2.24 bits per heavy atom. The van der Waals surface area contributed by atoms with Crippen LogP contribution < -0.4 is 5.32 Å². The van der Waals surface area contributed by atoms with E-state index in [1.807, 2.05) is 17.0 Å². The highest BCUT2D eigenvalue weighted by atomic mass is 19.1. The molecule has 2 N–H and O–H groups in total. The number of piperidine rings is 1. The van der Waals surface area contributed by atoms with Gasteiger partial charge in [-0.25, -0.2) is 9.18 Å².